The topological polar surface area (TPSA) is 59.4 Å². The highest BCUT2D eigenvalue weighted by atomic mass is 35.5. The first kappa shape index (κ1) is 16.9. The largest absolute Gasteiger partial charge is 0.383 e. The summed E-state index contributed by atoms with van der Waals surface area (Å²) >= 11 is 0. The molecule has 1 fully saturated rings. The molecule has 0 radical (unpaired) electrons. The first-order valence-electron chi connectivity index (χ1n) is 6.66. The molecule has 7 heteroatoms. The molecule has 20 heavy (non-hydrogen) atoms. The number of methoxy groups -OCH3 is 1. The van der Waals surface area contributed by atoms with Crippen molar-refractivity contribution in [3.05, 3.63) is 18.0 Å². The van der Waals surface area contributed by atoms with E-state index in [9.17, 15) is 4.79 Å². The second kappa shape index (κ2) is 8.24. The number of nitrogens with one attached hydrogen (secondary N) is 1. The van der Waals surface area contributed by atoms with Crippen LogP contribution in [0.3, 0.4) is 0 Å². The molecule has 1 aliphatic rings. The van der Waals surface area contributed by atoms with E-state index in [-0.39, 0.29) is 24.2 Å². The van der Waals surface area contributed by atoms with Crippen LogP contribution in [0.25, 0.3) is 0 Å². The predicted molar refractivity (Wildman–Crippen MR) is 78.7 cm³/mol. The van der Waals surface area contributed by atoms with Crippen molar-refractivity contribution in [2.24, 2.45) is 13.0 Å². The molecule has 1 aromatic rings. The van der Waals surface area contributed by atoms with E-state index in [1.54, 1.807) is 18.0 Å². The smallest absolute Gasteiger partial charge is 0.227 e. The molecular formula is C13H23ClN4O2. The molecule has 0 saturated carbocycles. The Hall–Kier alpha value is -1.11. The van der Waals surface area contributed by atoms with Crippen LogP contribution in [0.5, 0.6) is 0 Å². The normalized spacial score (nSPS) is 17.8. The monoisotopic (exact) mass is 302 g/mol. The van der Waals surface area contributed by atoms with Crippen LogP contribution >= 0.6 is 12.4 Å². The van der Waals surface area contributed by atoms with E-state index in [0.29, 0.717) is 19.7 Å². The Balaban J connectivity index is 0.00000200. The molecule has 2 rings (SSSR count). The van der Waals surface area contributed by atoms with Crippen molar-refractivity contribution >= 4 is 18.3 Å². The van der Waals surface area contributed by atoms with Gasteiger partial charge in [0.2, 0.25) is 5.91 Å². The molecule has 0 bridgehead atoms. The molecule has 1 saturated heterocycles. The van der Waals surface area contributed by atoms with E-state index in [1.807, 2.05) is 18.1 Å². The van der Waals surface area contributed by atoms with Gasteiger partial charge in [-0.2, -0.15) is 5.10 Å². The summed E-state index contributed by atoms with van der Waals surface area (Å²) in [7, 11) is 3.54. The molecule has 0 aliphatic carbocycles. The lowest BCUT2D eigenvalue weighted by atomic mass is 10.1. The zero-order chi connectivity index (χ0) is 13.7. The summed E-state index contributed by atoms with van der Waals surface area (Å²) in [5, 5.41) is 7.38. The average molecular weight is 303 g/mol. The molecule has 6 nitrogen and oxygen atoms in total. The third-order valence-electron chi connectivity index (χ3n) is 3.42. The Labute approximate surface area is 125 Å². The fourth-order valence-electron chi connectivity index (χ4n) is 2.37. The molecule has 1 aromatic heterocycles. The zero-order valence-corrected chi connectivity index (χ0v) is 12.9. The van der Waals surface area contributed by atoms with E-state index >= 15 is 0 Å². The minimum Gasteiger partial charge on any atom is -0.383 e. The molecule has 0 aromatic carbocycles. The first-order valence-corrected chi connectivity index (χ1v) is 6.66. The zero-order valence-electron chi connectivity index (χ0n) is 12.0. The quantitative estimate of drug-likeness (QED) is 0.828. The van der Waals surface area contributed by atoms with E-state index in [1.165, 1.54) is 0 Å². The number of halogens is 1. The summed E-state index contributed by atoms with van der Waals surface area (Å²) in [4.78, 5) is 14.3. The highest BCUT2D eigenvalue weighted by Crippen LogP contribution is 2.14. The fourth-order valence-corrected chi connectivity index (χ4v) is 2.37. The van der Waals surface area contributed by atoms with E-state index in [0.717, 1.165) is 25.1 Å². The van der Waals surface area contributed by atoms with E-state index < -0.39 is 0 Å². The van der Waals surface area contributed by atoms with Gasteiger partial charge in [0, 0.05) is 45.6 Å². The highest BCUT2D eigenvalue weighted by Gasteiger charge is 2.27. The molecule has 1 unspecified atom stereocenters. The van der Waals surface area contributed by atoms with Gasteiger partial charge < -0.3 is 15.0 Å². The van der Waals surface area contributed by atoms with Gasteiger partial charge in [0.1, 0.15) is 0 Å². The van der Waals surface area contributed by atoms with Gasteiger partial charge in [-0.15, -0.1) is 12.4 Å². The number of hydrogen-bond donors (Lipinski definition) is 1. The lowest BCUT2D eigenvalue weighted by molar-refractivity contribution is -0.136. The average Bonchev–Trinajstić information content (AvgIpc) is 3.05. The van der Waals surface area contributed by atoms with Gasteiger partial charge in [-0.1, -0.05) is 0 Å². The Morgan fingerprint density at radius 1 is 1.65 bits per heavy atom. The van der Waals surface area contributed by atoms with Crippen molar-refractivity contribution < 1.29 is 9.53 Å². The Morgan fingerprint density at radius 3 is 3.00 bits per heavy atom. The Kier molecular flexibility index (Phi) is 6.98. The third kappa shape index (κ3) is 4.47. The molecule has 114 valence electrons. The van der Waals surface area contributed by atoms with Crippen LogP contribution in [0.4, 0.5) is 0 Å². The molecule has 1 aliphatic heterocycles. The summed E-state index contributed by atoms with van der Waals surface area (Å²) in [6.45, 7) is 3.51. The number of carbonyl (C=O) groups excluding carboxylic acids is 1. The van der Waals surface area contributed by atoms with Crippen LogP contribution in [0, 0.1) is 5.92 Å². The maximum absolute atomic E-state index is 12.5. The number of nitrogens with zero attached hydrogens (tertiary/aromatic N) is 3. The minimum atomic E-state index is 0. The molecule has 2 heterocycles. The van der Waals surface area contributed by atoms with Crippen molar-refractivity contribution in [1.82, 2.24) is 20.0 Å². The summed E-state index contributed by atoms with van der Waals surface area (Å²) in [5.74, 6) is 0.319. The van der Waals surface area contributed by atoms with Gasteiger partial charge in [0.15, 0.2) is 0 Å². The fraction of sp³-hybridized carbons (Fsp3) is 0.692. The van der Waals surface area contributed by atoms with E-state index in [2.05, 4.69) is 10.4 Å². The van der Waals surface area contributed by atoms with Gasteiger partial charge in [-0.05, 0) is 13.0 Å². The van der Waals surface area contributed by atoms with Crippen LogP contribution in [0.1, 0.15) is 12.0 Å². The Morgan fingerprint density at radius 2 is 2.45 bits per heavy atom. The highest BCUT2D eigenvalue weighted by molar-refractivity contribution is 5.85. The van der Waals surface area contributed by atoms with Crippen LogP contribution in [0.2, 0.25) is 0 Å². The van der Waals surface area contributed by atoms with Crippen LogP contribution in [-0.4, -0.2) is 53.9 Å². The van der Waals surface area contributed by atoms with Crippen molar-refractivity contribution in [3.63, 3.8) is 0 Å². The number of amides is 1. The SMILES string of the molecule is COCCN(Cc1cnn(C)c1)C(=O)C1CCNC1.Cl. The summed E-state index contributed by atoms with van der Waals surface area (Å²) < 4.78 is 6.85. The number of ether oxygens (including phenoxy) is 1. The minimum absolute atomic E-state index is 0. The van der Waals surface area contributed by atoms with Gasteiger partial charge in [0.05, 0.1) is 18.7 Å². The summed E-state index contributed by atoms with van der Waals surface area (Å²) in [6, 6.07) is 0. The first-order chi connectivity index (χ1) is 9.20. The summed E-state index contributed by atoms with van der Waals surface area (Å²) in [6.07, 6.45) is 4.68. The van der Waals surface area contributed by atoms with Gasteiger partial charge >= 0.3 is 0 Å². The summed E-state index contributed by atoms with van der Waals surface area (Å²) in [5.41, 5.74) is 1.05. The second-order valence-electron chi connectivity index (χ2n) is 4.96. The van der Waals surface area contributed by atoms with Crippen molar-refractivity contribution in [2.45, 2.75) is 13.0 Å². The Bertz CT molecular complexity index is 418. The number of rotatable bonds is 6. The van der Waals surface area contributed by atoms with Gasteiger partial charge in [0.25, 0.3) is 0 Å². The van der Waals surface area contributed by atoms with E-state index in [4.69, 9.17) is 4.74 Å². The molecule has 0 spiro atoms. The number of aryl methyl sites for hydroxylation is 1. The lowest BCUT2D eigenvalue weighted by Gasteiger charge is -2.24. The molecule has 1 amide bonds. The van der Waals surface area contributed by atoms with Gasteiger partial charge in [-0.25, -0.2) is 0 Å². The maximum Gasteiger partial charge on any atom is 0.227 e. The number of aromatic nitrogens is 2. The molecule has 1 N–H and O–H groups in total. The van der Waals surface area contributed by atoms with Crippen molar-refractivity contribution in [3.8, 4) is 0 Å². The standard InChI is InChI=1S/C13H22N4O2.ClH/c1-16-9-11(7-15-16)10-17(5-6-19-2)13(18)12-3-4-14-8-12;/h7,9,12,14H,3-6,8,10H2,1-2H3;1H. The van der Waals surface area contributed by atoms with Crippen molar-refractivity contribution in [2.75, 3.05) is 33.4 Å². The van der Waals surface area contributed by atoms with Crippen LogP contribution < -0.4 is 5.32 Å². The molecule has 1 atom stereocenters. The lowest BCUT2D eigenvalue weighted by Crippen LogP contribution is -2.38. The number of carbonyl (C=O) groups is 1. The predicted octanol–water partition coefficient (Wildman–Crippen LogP) is 0.426. The third-order valence-corrected chi connectivity index (χ3v) is 3.42. The molecular weight excluding hydrogens is 280 g/mol. The second-order valence-corrected chi connectivity index (χ2v) is 4.96. The van der Waals surface area contributed by atoms with Crippen LogP contribution in [0.15, 0.2) is 12.4 Å². The van der Waals surface area contributed by atoms with Crippen molar-refractivity contribution in [1.29, 1.82) is 0 Å². The number of hydrogen-bond acceptors (Lipinski definition) is 4. The van der Waals surface area contributed by atoms with Gasteiger partial charge in [-0.3, -0.25) is 9.48 Å². The maximum atomic E-state index is 12.5. The van der Waals surface area contributed by atoms with Crippen LogP contribution in [-0.2, 0) is 23.1 Å².